The third-order valence-corrected chi connectivity index (χ3v) is 10.4. The van der Waals surface area contributed by atoms with E-state index in [0.29, 0.717) is 6.42 Å². The second kappa shape index (κ2) is 14.1. The molecule has 1 aliphatic heterocycles. The molecule has 2 unspecified atom stereocenters. The lowest BCUT2D eigenvalue weighted by molar-refractivity contribution is -0.0543. The summed E-state index contributed by atoms with van der Waals surface area (Å²) in [6.45, 7) is 0.709. The highest BCUT2D eigenvalue weighted by molar-refractivity contribution is 8.76. The van der Waals surface area contributed by atoms with Gasteiger partial charge in [-0.05, 0) is 13.3 Å². The van der Waals surface area contributed by atoms with Crippen LogP contribution in [0.5, 0.6) is 0 Å². The molecule has 0 amide bonds. The van der Waals surface area contributed by atoms with Gasteiger partial charge in [-0.2, -0.15) is 8.62 Å². The maximum atomic E-state index is 12.3. The molecule has 0 saturated carbocycles. The van der Waals surface area contributed by atoms with Crippen LogP contribution in [0.25, 0.3) is 0 Å². The summed E-state index contributed by atoms with van der Waals surface area (Å²) in [7, 11) is -13.8. The van der Waals surface area contributed by atoms with Crippen LogP contribution in [0.4, 0.5) is 0 Å². The summed E-state index contributed by atoms with van der Waals surface area (Å²) in [4.78, 5) is 62.3. The van der Waals surface area contributed by atoms with E-state index in [-0.39, 0.29) is 17.9 Å². The molecule has 21 heteroatoms. The van der Waals surface area contributed by atoms with Crippen molar-refractivity contribution in [3.63, 3.8) is 0 Å². The van der Waals surface area contributed by atoms with E-state index in [9.17, 15) is 33.1 Å². The van der Waals surface area contributed by atoms with E-state index in [1.807, 2.05) is 0 Å². The Morgan fingerprint density at radius 3 is 2.54 bits per heavy atom. The van der Waals surface area contributed by atoms with Gasteiger partial charge in [-0.15, -0.1) is 12.3 Å². The largest absolute Gasteiger partial charge is 0.490 e. The number of rotatable bonds is 15. The van der Waals surface area contributed by atoms with Crippen LogP contribution in [0, 0.1) is 19.3 Å². The molecule has 16 nitrogen and oxygen atoms in total. The van der Waals surface area contributed by atoms with Crippen LogP contribution in [0.3, 0.4) is 0 Å². The minimum atomic E-state index is -5.69. The van der Waals surface area contributed by atoms with Gasteiger partial charge in [-0.25, -0.2) is 18.5 Å². The summed E-state index contributed by atoms with van der Waals surface area (Å²) in [5.74, 6) is 3.44. The fourth-order valence-electron chi connectivity index (χ4n) is 2.91. The van der Waals surface area contributed by atoms with Gasteiger partial charge in [0.25, 0.3) is 5.56 Å². The van der Waals surface area contributed by atoms with Crippen LogP contribution in [0.1, 0.15) is 31.1 Å². The Morgan fingerprint density at radius 1 is 1.19 bits per heavy atom. The quantitative estimate of drug-likeness (QED) is 0.0611. The smallest absolute Gasteiger partial charge is 0.364 e. The third kappa shape index (κ3) is 11.5. The first-order chi connectivity index (χ1) is 17.1. The highest BCUT2D eigenvalue weighted by Crippen LogP contribution is 2.66. The molecule has 2 rings (SSSR count). The number of ether oxygens (including phenoxy) is 2. The Morgan fingerprint density at radius 2 is 1.89 bits per heavy atom. The monoisotopic (exact) mass is 626 g/mol. The average Bonchev–Trinajstić information content (AvgIpc) is 3.14. The van der Waals surface area contributed by atoms with Crippen molar-refractivity contribution in [2.75, 3.05) is 18.3 Å². The molecule has 0 aliphatic carbocycles. The molecule has 210 valence electrons. The predicted octanol–water partition coefficient (Wildman–Crippen LogP) is 1.61. The molecular weight excluding hydrogens is 601 g/mol. The lowest BCUT2D eigenvalue weighted by atomic mass is 10.2. The van der Waals surface area contributed by atoms with E-state index in [1.165, 1.54) is 34.7 Å². The number of hydrogen-bond donors (Lipinski definition) is 5. The number of H-pyrrole nitrogens is 1. The number of terminal acetylenes is 1. The first-order valence-corrected chi connectivity index (χ1v) is 17.2. The highest BCUT2D eigenvalue weighted by atomic mass is 33.1. The second-order valence-corrected chi connectivity index (χ2v) is 14.3. The normalized spacial score (nSPS) is 23.3. The SMILES string of the molecule is C#CCCCSSCO[C@@H]1C[C@H](n2cc(C)c(=O)[nH]c2=O)O[C@@H]1COP(=O)(O)OP(=O)(O)OP(=O)(O)O. The fraction of sp³-hybridized carbons (Fsp3) is 0.625. The molecule has 2 heterocycles. The molecule has 5 N–H and O–H groups in total. The number of hydrogen-bond acceptors (Lipinski definition) is 12. The third-order valence-electron chi connectivity index (χ3n) is 4.42. The van der Waals surface area contributed by atoms with E-state index >= 15 is 0 Å². The van der Waals surface area contributed by atoms with Crippen molar-refractivity contribution in [3.8, 4) is 12.3 Å². The van der Waals surface area contributed by atoms with Gasteiger partial charge >= 0.3 is 29.2 Å². The number of aryl methyl sites for hydroxylation is 1. The number of aromatic nitrogens is 2. The van der Waals surface area contributed by atoms with Crippen LogP contribution in [0.15, 0.2) is 15.8 Å². The van der Waals surface area contributed by atoms with Gasteiger partial charge in [-0.1, -0.05) is 21.6 Å². The highest BCUT2D eigenvalue weighted by Gasteiger charge is 2.43. The summed E-state index contributed by atoms with van der Waals surface area (Å²) in [6, 6.07) is 0. The van der Waals surface area contributed by atoms with Crippen molar-refractivity contribution in [3.05, 3.63) is 32.6 Å². The number of unbranched alkanes of at least 4 members (excludes halogenated alkanes) is 1. The Hall–Kier alpha value is -0.730. The maximum absolute atomic E-state index is 12.3. The van der Waals surface area contributed by atoms with Gasteiger partial charge < -0.3 is 29.0 Å². The van der Waals surface area contributed by atoms with Crippen molar-refractivity contribution in [1.29, 1.82) is 0 Å². The zero-order valence-electron chi connectivity index (χ0n) is 19.1. The molecule has 5 atom stereocenters. The summed E-state index contributed by atoms with van der Waals surface area (Å²) in [6.07, 6.45) is 5.06. The number of aromatic amines is 1. The molecule has 1 aliphatic rings. The van der Waals surface area contributed by atoms with E-state index < -0.39 is 59.8 Å². The van der Waals surface area contributed by atoms with E-state index in [4.69, 9.17) is 25.7 Å². The molecule has 1 aromatic rings. The van der Waals surface area contributed by atoms with E-state index in [2.05, 4.69) is 24.0 Å². The summed E-state index contributed by atoms with van der Waals surface area (Å²) >= 11 is 0. The van der Waals surface area contributed by atoms with Crippen molar-refractivity contribution in [2.24, 2.45) is 0 Å². The molecule has 1 saturated heterocycles. The summed E-state index contributed by atoms with van der Waals surface area (Å²) < 4.78 is 59.0. The van der Waals surface area contributed by atoms with Crippen LogP contribution < -0.4 is 11.2 Å². The molecule has 1 aromatic heterocycles. The Bertz CT molecular complexity index is 1230. The summed E-state index contributed by atoms with van der Waals surface area (Å²) in [5, 5.41) is 0. The minimum Gasteiger partial charge on any atom is -0.364 e. The zero-order valence-corrected chi connectivity index (χ0v) is 23.4. The Labute approximate surface area is 218 Å². The topological polar surface area (TPSA) is 233 Å². The van der Waals surface area contributed by atoms with Crippen molar-refractivity contribution in [1.82, 2.24) is 9.55 Å². The lowest BCUT2D eigenvalue weighted by Gasteiger charge is -2.21. The molecule has 1 fully saturated rings. The van der Waals surface area contributed by atoms with Gasteiger partial charge in [0.1, 0.15) is 18.3 Å². The number of nitrogens with one attached hydrogen (secondary N) is 1. The molecule has 37 heavy (non-hydrogen) atoms. The number of nitrogens with zero attached hydrogens (tertiary/aromatic N) is 1. The first kappa shape index (κ1) is 32.5. The molecule has 0 bridgehead atoms. The van der Waals surface area contributed by atoms with Gasteiger partial charge in [0.15, 0.2) is 0 Å². The molecular formula is C16H25N2O14P3S2. The van der Waals surface area contributed by atoms with Crippen LogP contribution in [-0.4, -0.2) is 59.6 Å². The van der Waals surface area contributed by atoms with E-state index in [0.717, 1.165) is 16.7 Å². The van der Waals surface area contributed by atoms with Crippen molar-refractivity contribution in [2.45, 2.75) is 44.6 Å². The van der Waals surface area contributed by atoms with Gasteiger partial charge in [0.2, 0.25) is 0 Å². The average molecular weight is 626 g/mol. The standard InChI is InChI=1S/C16H25N2O14P3S2/c1-3-4-5-6-36-37-10-28-12-7-14(18-8-11(2)15(19)17-16(18)20)30-13(12)9-29-34(24,25)32-35(26,27)31-33(21,22)23/h1,8,12-14H,4-7,9-10H2,2H3,(H,24,25)(H,26,27)(H,17,19,20)(H2,21,22,23)/t12-,13-,14-/m1/s1. The zero-order chi connectivity index (χ0) is 27.9. The van der Waals surface area contributed by atoms with Gasteiger partial charge in [0, 0.05) is 30.4 Å². The number of phosphoric ester groups is 1. The second-order valence-electron chi connectivity index (χ2n) is 7.30. The van der Waals surface area contributed by atoms with Crippen molar-refractivity contribution < 1.29 is 55.9 Å². The van der Waals surface area contributed by atoms with Crippen LogP contribution in [-0.2, 0) is 36.3 Å². The van der Waals surface area contributed by atoms with Gasteiger partial charge in [0.05, 0.1) is 12.7 Å². The molecule has 0 spiro atoms. The van der Waals surface area contributed by atoms with E-state index in [1.54, 1.807) is 0 Å². The lowest BCUT2D eigenvalue weighted by Crippen LogP contribution is -2.33. The first-order valence-electron chi connectivity index (χ1n) is 10.2. The van der Waals surface area contributed by atoms with Crippen molar-refractivity contribution >= 4 is 45.1 Å². The van der Waals surface area contributed by atoms with Crippen LogP contribution >= 0.6 is 45.1 Å². The van der Waals surface area contributed by atoms with Crippen LogP contribution in [0.2, 0.25) is 0 Å². The minimum absolute atomic E-state index is 0.0537. The Balaban J connectivity index is 2.08. The maximum Gasteiger partial charge on any atom is 0.490 e. The van der Waals surface area contributed by atoms with Gasteiger partial charge in [-0.3, -0.25) is 18.9 Å². The predicted molar refractivity (Wildman–Crippen MR) is 132 cm³/mol. The molecule has 0 aromatic carbocycles. The number of phosphoric acid groups is 3. The Kier molecular flexibility index (Phi) is 12.3. The summed E-state index contributed by atoms with van der Waals surface area (Å²) in [5.41, 5.74) is -1.14. The molecule has 0 radical (unpaired) electrons. The fourth-order valence-corrected chi connectivity index (χ4v) is 7.70.